The lowest BCUT2D eigenvalue weighted by Gasteiger charge is -2.33. The summed E-state index contributed by atoms with van der Waals surface area (Å²) in [5.41, 5.74) is 1.05. The van der Waals surface area contributed by atoms with E-state index in [-0.39, 0.29) is 24.8 Å². The first-order valence-electron chi connectivity index (χ1n) is 7.80. The number of hydrogen-bond donors (Lipinski definition) is 1. The van der Waals surface area contributed by atoms with Gasteiger partial charge in [-0.1, -0.05) is 13.0 Å². The minimum atomic E-state index is 0. The fourth-order valence-corrected chi connectivity index (χ4v) is 3.61. The lowest BCUT2D eigenvalue weighted by Crippen LogP contribution is -2.43. The number of oxazole rings is 1. The summed E-state index contributed by atoms with van der Waals surface area (Å²) in [5.74, 6) is 0.752. The number of nitrogens with one attached hydrogen (secondary N) is 1. The van der Waals surface area contributed by atoms with Crippen LogP contribution in [0.5, 0.6) is 0 Å². The molecule has 0 bridgehead atoms. The fourth-order valence-electron chi connectivity index (χ4n) is 2.95. The molecule has 130 valence electrons. The molecule has 0 radical (unpaired) electrons. The van der Waals surface area contributed by atoms with Crippen LogP contribution in [0, 0.1) is 0 Å². The maximum absolute atomic E-state index is 5.64. The van der Waals surface area contributed by atoms with Gasteiger partial charge in [0.25, 0.3) is 0 Å². The molecule has 7 heteroatoms. The highest BCUT2D eigenvalue weighted by Crippen LogP contribution is 2.24. The molecule has 1 fully saturated rings. The van der Waals surface area contributed by atoms with Crippen LogP contribution in [0.2, 0.25) is 0 Å². The van der Waals surface area contributed by atoms with E-state index in [1.54, 1.807) is 11.3 Å². The Morgan fingerprint density at radius 3 is 2.78 bits per heavy atom. The topological polar surface area (TPSA) is 41.3 Å². The van der Waals surface area contributed by atoms with Gasteiger partial charge < -0.3 is 9.73 Å². The number of thiophene rings is 1. The predicted molar refractivity (Wildman–Crippen MR) is 101 cm³/mol. The van der Waals surface area contributed by atoms with E-state index in [1.807, 2.05) is 12.3 Å². The molecule has 1 N–H and O–H groups in total. The summed E-state index contributed by atoms with van der Waals surface area (Å²) < 4.78 is 5.64. The Hall–Kier alpha value is -0.590. The van der Waals surface area contributed by atoms with Crippen molar-refractivity contribution in [2.45, 2.75) is 38.8 Å². The van der Waals surface area contributed by atoms with Gasteiger partial charge in [0.05, 0.1) is 10.6 Å². The van der Waals surface area contributed by atoms with E-state index in [4.69, 9.17) is 4.42 Å². The number of halogens is 2. The average molecular weight is 378 g/mol. The van der Waals surface area contributed by atoms with Gasteiger partial charge in [0.2, 0.25) is 5.89 Å². The molecule has 4 nitrogen and oxygen atoms in total. The molecule has 0 aliphatic carbocycles. The van der Waals surface area contributed by atoms with Crippen LogP contribution >= 0.6 is 36.2 Å². The maximum atomic E-state index is 5.64. The summed E-state index contributed by atoms with van der Waals surface area (Å²) in [6, 6.07) is 4.76. The van der Waals surface area contributed by atoms with Gasteiger partial charge in [0.15, 0.2) is 0 Å². The zero-order valence-electron chi connectivity index (χ0n) is 13.4. The van der Waals surface area contributed by atoms with Crippen molar-refractivity contribution in [2.75, 3.05) is 19.6 Å². The molecule has 0 atom stereocenters. The van der Waals surface area contributed by atoms with Gasteiger partial charge in [0.1, 0.15) is 6.26 Å². The highest BCUT2D eigenvalue weighted by Gasteiger charge is 2.21. The molecule has 1 aliphatic heterocycles. The summed E-state index contributed by atoms with van der Waals surface area (Å²) in [5, 5.41) is 5.49. The van der Waals surface area contributed by atoms with Crippen molar-refractivity contribution in [3.05, 3.63) is 29.5 Å². The quantitative estimate of drug-likeness (QED) is 0.818. The fraction of sp³-hybridized carbons (Fsp3) is 0.562. The lowest BCUT2D eigenvalue weighted by atomic mass is 10.0. The Kier molecular flexibility index (Phi) is 9.17. The molecule has 1 aliphatic rings. The van der Waals surface area contributed by atoms with Crippen LogP contribution in [0.4, 0.5) is 0 Å². The smallest absolute Gasteiger partial charge is 0.236 e. The number of aromatic nitrogens is 1. The third-order valence-corrected chi connectivity index (χ3v) is 4.84. The summed E-state index contributed by atoms with van der Waals surface area (Å²) >= 11 is 1.67. The normalized spacial score (nSPS) is 15.2. The van der Waals surface area contributed by atoms with Gasteiger partial charge in [0, 0.05) is 12.6 Å². The SMILES string of the molecule is CCCN(Cc1coc(-c2cccs2)n1)C1CCNCC1.Cl.Cl. The van der Waals surface area contributed by atoms with Gasteiger partial charge >= 0.3 is 0 Å². The van der Waals surface area contributed by atoms with E-state index < -0.39 is 0 Å². The Morgan fingerprint density at radius 1 is 1.35 bits per heavy atom. The van der Waals surface area contributed by atoms with E-state index in [0.717, 1.165) is 42.6 Å². The van der Waals surface area contributed by atoms with Crippen molar-refractivity contribution in [3.8, 4) is 10.8 Å². The summed E-state index contributed by atoms with van der Waals surface area (Å²) in [6.07, 6.45) is 5.46. The van der Waals surface area contributed by atoms with E-state index in [1.165, 1.54) is 19.3 Å². The molecular formula is C16H25Cl2N3OS. The highest BCUT2D eigenvalue weighted by molar-refractivity contribution is 7.13. The molecule has 0 spiro atoms. The molecule has 0 aromatic carbocycles. The second-order valence-electron chi connectivity index (χ2n) is 5.57. The summed E-state index contributed by atoms with van der Waals surface area (Å²) in [7, 11) is 0. The van der Waals surface area contributed by atoms with E-state index >= 15 is 0 Å². The van der Waals surface area contributed by atoms with Gasteiger partial charge in [-0.3, -0.25) is 4.90 Å². The largest absolute Gasteiger partial charge is 0.444 e. The summed E-state index contributed by atoms with van der Waals surface area (Å²) in [4.78, 5) is 8.32. The van der Waals surface area contributed by atoms with Crippen molar-refractivity contribution >= 4 is 36.2 Å². The Balaban J connectivity index is 0.00000132. The molecule has 0 saturated carbocycles. The highest BCUT2D eigenvalue weighted by atomic mass is 35.5. The van der Waals surface area contributed by atoms with Crippen LogP contribution in [-0.2, 0) is 6.54 Å². The van der Waals surface area contributed by atoms with Crippen LogP contribution < -0.4 is 5.32 Å². The predicted octanol–water partition coefficient (Wildman–Crippen LogP) is 4.21. The Morgan fingerprint density at radius 2 is 2.13 bits per heavy atom. The number of rotatable bonds is 6. The van der Waals surface area contributed by atoms with Crippen LogP contribution in [0.25, 0.3) is 10.8 Å². The molecular weight excluding hydrogens is 353 g/mol. The minimum Gasteiger partial charge on any atom is -0.444 e. The average Bonchev–Trinajstić information content (AvgIpc) is 3.19. The lowest BCUT2D eigenvalue weighted by molar-refractivity contribution is 0.152. The van der Waals surface area contributed by atoms with Gasteiger partial charge in [-0.05, 0) is 50.3 Å². The first-order valence-corrected chi connectivity index (χ1v) is 8.68. The Bertz CT molecular complexity index is 541. The number of hydrogen-bond acceptors (Lipinski definition) is 5. The standard InChI is InChI=1S/C16H23N3OS.2ClH/c1-2-9-19(14-5-7-17-8-6-14)11-13-12-20-16(18-13)15-4-3-10-21-15;;/h3-4,10,12,14,17H,2,5-9,11H2,1H3;2*1H. The first kappa shape index (κ1) is 20.5. The molecule has 3 rings (SSSR count). The second-order valence-corrected chi connectivity index (χ2v) is 6.52. The van der Waals surface area contributed by atoms with Gasteiger partial charge in [-0.2, -0.15) is 0 Å². The van der Waals surface area contributed by atoms with Crippen LogP contribution in [0.15, 0.2) is 28.2 Å². The van der Waals surface area contributed by atoms with Crippen molar-refractivity contribution in [1.82, 2.24) is 15.2 Å². The molecule has 3 heterocycles. The zero-order valence-corrected chi connectivity index (χ0v) is 15.8. The minimum absolute atomic E-state index is 0. The van der Waals surface area contributed by atoms with Crippen molar-refractivity contribution < 1.29 is 4.42 Å². The van der Waals surface area contributed by atoms with Gasteiger partial charge in [-0.15, -0.1) is 36.2 Å². The molecule has 23 heavy (non-hydrogen) atoms. The summed E-state index contributed by atoms with van der Waals surface area (Å²) in [6.45, 7) is 6.53. The Labute approximate surface area is 154 Å². The van der Waals surface area contributed by atoms with Crippen molar-refractivity contribution in [2.24, 2.45) is 0 Å². The van der Waals surface area contributed by atoms with Crippen LogP contribution in [-0.4, -0.2) is 35.6 Å². The zero-order chi connectivity index (χ0) is 14.5. The molecule has 2 aromatic heterocycles. The third kappa shape index (κ3) is 5.47. The molecule has 0 unspecified atom stereocenters. The maximum Gasteiger partial charge on any atom is 0.236 e. The van der Waals surface area contributed by atoms with Crippen molar-refractivity contribution in [3.63, 3.8) is 0 Å². The molecule has 1 saturated heterocycles. The monoisotopic (exact) mass is 377 g/mol. The van der Waals surface area contributed by atoms with E-state index in [2.05, 4.69) is 33.6 Å². The second kappa shape index (κ2) is 10.3. The van der Waals surface area contributed by atoms with Gasteiger partial charge in [-0.25, -0.2) is 4.98 Å². The first-order chi connectivity index (χ1) is 10.4. The molecule has 2 aromatic rings. The number of nitrogens with zero attached hydrogens (tertiary/aromatic N) is 2. The molecule has 0 amide bonds. The van der Waals surface area contributed by atoms with Crippen molar-refractivity contribution in [1.29, 1.82) is 0 Å². The van der Waals surface area contributed by atoms with Crippen LogP contribution in [0.1, 0.15) is 31.9 Å². The number of piperidine rings is 1. The third-order valence-electron chi connectivity index (χ3n) is 3.98. The van der Waals surface area contributed by atoms with E-state index in [9.17, 15) is 0 Å². The van der Waals surface area contributed by atoms with E-state index in [0.29, 0.717) is 6.04 Å². The van der Waals surface area contributed by atoms with Crippen LogP contribution in [0.3, 0.4) is 0 Å².